The molecule has 0 aromatic heterocycles. The fraction of sp³-hybridized carbons (Fsp3) is 0.417. The van der Waals surface area contributed by atoms with Crippen LogP contribution in [-0.2, 0) is 0 Å². The van der Waals surface area contributed by atoms with E-state index in [9.17, 15) is 14.9 Å². The number of hydrogen-bond donors (Lipinski definition) is 2. The number of nitro benzene ring substituents is 1. The molecule has 98 valence electrons. The molecule has 1 atom stereocenters. The van der Waals surface area contributed by atoms with Crippen LogP contribution in [0.2, 0.25) is 0 Å². The summed E-state index contributed by atoms with van der Waals surface area (Å²) in [4.78, 5) is 22.2. The molecule has 1 aromatic rings. The summed E-state index contributed by atoms with van der Waals surface area (Å²) in [5.74, 6) is -0.298. The molecule has 0 aliphatic carbocycles. The normalized spacial score (nSPS) is 12.2. The van der Waals surface area contributed by atoms with Gasteiger partial charge in [-0.05, 0) is 12.0 Å². The zero-order chi connectivity index (χ0) is 13.7. The SMILES string of the molecule is CC(C)C(CN)NC(=O)c1ccccc1[N+](=O)[O-]. The molecule has 0 saturated carbocycles. The molecule has 1 rings (SSSR count). The maximum atomic E-state index is 12.0. The van der Waals surface area contributed by atoms with Crippen molar-refractivity contribution in [1.29, 1.82) is 0 Å². The maximum absolute atomic E-state index is 12.0. The van der Waals surface area contributed by atoms with Crippen LogP contribution in [-0.4, -0.2) is 23.4 Å². The van der Waals surface area contributed by atoms with Crippen LogP contribution in [0.1, 0.15) is 24.2 Å². The molecule has 0 aliphatic rings. The number of benzene rings is 1. The number of amides is 1. The number of carbonyl (C=O) groups excluding carboxylic acids is 1. The van der Waals surface area contributed by atoms with Crippen molar-refractivity contribution in [3.8, 4) is 0 Å². The van der Waals surface area contributed by atoms with Crippen LogP contribution in [0, 0.1) is 16.0 Å². The Labute approximate surface area is 105 Å². The van der Waals surface area contributed by atoms with E-state index in [0.29, 0.717) is 6.54 Å². The Balaban J connectivity index is 2.94. The minimum Gasteiger partial charge on any atom is -0.348 e. The molecule has 1 aromatic carbocycles. The summed E-state index contributed by atoms with van der Waals surface area (Å²) in [6, 6.07) is 5.66. The van der Waals surface area contributed by atoms with Gasteiger partial charge in [-0.1, -0.05) is 26.0 Å². The number of hydrogen-bond acceptors (Lipinski definition) is 4. The zero-order valence-corrected chi connectivity index (χ0v) is 10.4. The molecular weight excluding hydrogens is 234 g/mol. The molecule has 0 aliphatic heterocycles. The first-order valence-electron chi connectivity index (χ1n) is 5.71. The van der Waals surface area contributed by atoms with Crippen molar-refractivity contribution < 1.29 is 9.72 Å². The van der Waals surface area contributed by atoms with Gasteiger partial charge < -0.3 is 11.1 Å². The summed E-state index contributed by atoms with van der Waals surface area (Å²) in [5, 5.41) is 13.5. The first kappa shape index (κ1) is 14.1. The number of nitro groups is 1. The van der Waals surface area contributed by atoms with E-state index in [1.54, 1.807) is 6.07 Å². The Kier molecular flexibility index (Phi) is 4.79. The third-order valence-corrected chi connectivity index (χ3v) is 2.72. The van der Waals surface area contributed by atoms with E-state index in [0.717, 1.165) is 0 Å². The van der Waals surface area contributed by atoms with Crippen LogP contribution >= 0.6 is 0 Å². The van der Waals surface area contributed by atoms with Crippen molar-refractivity contribution in [3.63, 3.8) is 0 Å². The van der Waals surface area contributed by atoms with E-state index in [1.807, 2.05) is 13.8 Å². The van der Waals surface area contributed by atoms with Crippen LogP contribution in [0.15, 0.2) is 24.3 Å². The molecule has 3 N–H and O–H groups in total. The number of carbonyl (C=O) groups is 1. The van der Waals surface area contributed by atoms with Gasteiger partial charge in [0.05, 0.1) is 4.92 Å². The van der Waals surface area contributed by atoms with Crippen molar-refractivity contribution in [1.82, 2.24) is 5.32 Å². The fourth-order valence-corrected chi connectivity index (χ4v) is 1.57. The summed E-state index contributed by atoms with van der Waals surface area (Å²) < 4.78 is 0. The molecule has 6 heteroatoms. The van der Waals surface area contributed by atoms with E-state index in [4.69, 9.17) is 5.73 Å². The summed E-state index contributed by atoms with van der Waals surface area (Å²) in [6.07, 6.45) is 0. The third kappa shape index (κ3) is 3.27. The lowest BCUT2D eigenvalue weighted by molar-refractivity contribution is -0.385. The maximum Gasteiger partial charge on any atom is 0.282 e. The second-order valence-corrected chi connectivity index (χ2v) is 4.33. The van der Waals surface area contributed by atoms with Crippen molar-refractivity contribution >= 4 is 11.6 Å². The predicted octanol–water partition coefficient (Wildman–Crippen LogP) is 1.31. The smallest absolute Gasteiger partial charge is 0.282 e. The molecule has 0 fully saturated rings. The quantitative estimate of drug-likeness (QED) is 0.608. The van der Waals surface area contributed by atoms with E-state index >= 15 is 0 Å². The van der Waals surface area contributed by atoms with Gasteiger partial charge in [-0.3, -0.25) is 14.9 Å². The summed E-state index contributed by atoms with van der Waals surface area (Å²) in [5.41, 5.74) is 5.41. The Morgan fingerprint density at radius 2 is 2.06 bits per heavy atom. The number of rotatable bonds is 5. The fourth-order valence-electron chi connectivity index (χ4n) is 1.57. The zero-order valence-electron chi connectivity index (χ0n) is 10.4. The Hall–Kier alpha value is -1.95. The third-order valence-electron chi connectivity index (χ3n) is 2.72. The molecule has 0 saturated heterocycles. The highest BCUT2D eigenvalue weighted by Gasteiger charge is 2.22. The van der Waals surface area contributed by atoms with Crippen LogP contribution in [0.4, 0.5) is 5.69 Å². The first-order chi connectivity index (χ1) is 8.47. The van der Waals surface area contributed by atoms with Crippen molar-refractivity contribution in [2.75, 3.05) is 6.54 Å². The monoisotopic (exact) mass is 251 g/mol. The van der Waals surface area contributed by atoms with Crippen molar-refractivity contribution in [2.45, 2.75) is 19.9 Å². The summed E-state index contributed by atoms with van der Waals surface area (Å²) in [7, 11) is 0. The molecule has 0 spiro atoms. The first-order valence-corrected chi connectivity index (χ1v) is 5.71. The average Bonchev–Trinajstić information content (AvgIpc) is 2.35. The van der Waals surface area contributed by atoms with E-state index in [1.165, 1.54) is 18.2 Å². The van der Waals surface area contributed by atoms with Gasteiger partial charge in [-0.15, -0.1) is 0 Å². The van der Waals surface area contributed by atoms with E-state index < -0.39 is 10.8 Å². The van der Waals surface area contributed by atoms with Gasteiger partial charge in [-0.25, -0.2) is 0 Å². The van der Waals surface area contributed by atoms with Gasteiger partial charge in [-0.2, -0.15) is 0 Å². The van der Waals surface area contributed by atoms with Gasteiger partial charge in [0.2, 0.25) is 0 Å². The van der Waals surface area contributed by atoms with Gasteiger partial charge in [0.1, 0.15) is 5.56 Å². The van der Waals surface area contributed by atoms with Gasteiger partial charge in [0, 0.05) is 18.7 Å². The molecule has 0 radical (unpaired) electrons. The number of nitrogens with two attached hydrogens (primary N) is 1. The topological polar surface area (TPSA) is 98.3 Å². The largest absolute Gasteiger partial charge is 0.348 e. The van der Waals surface area contributed by atoms with E-state index in [2.05, 4.69) is 5.32 Å². The highest BCUT2D eigenvalue weighted by Crippen LogP contribution is 2.17. The lowest BCUT2D eigenvalue weighted by Crippen LogP contribution is -2.43. The highest BCUT2D eigenvalue weighted by molar-refractivity contribution is 5.98. The average molecular weight is 251 g/mol. The van der Waals surface area contributed by atoms with Crippen LogP contribution in [0.3, 0.4) is 0 Å². The molecule has 18 heavy (non-hydrogen) atoms. The Morgan fingerprint density at radius 3 is 2.56 bits per heavy atom. The number of nitrogens with zero attached hydrogens (tertiary/aromatic N) is 1. The highest BCUT2D eigenvalue weighted by atomic mass is 16.6. The second kappa shape index (κ2) is 6.11. The molecule has 1 unspecified atom stereocenters. The number of nitrogens with one attached hydrogen (secondary N) is 1. The Bertz CT molecular complexity index is 446. The Morgan fingerprint density at radius 1 is 1.44 bits per heavy atom. The number of para-hydroxylation sites is 1. The lowest BCUT2D eigenvalue weighted by Gasteiger charge is -2.20. The van der Waals surface area contributed by atoms with Gasteiger partial charge >= 0.3 is 0 Å². The predicted molar refractivity (Wildman–Crippen MR) is 68.2 cm³/mol. The molecule has 6 nitrogen and oxygen atoms in total. The summed E-state index contributed by atoms with van der Waals surface area (Å²) in [6.45, 7) is 4.15. The minimum atomic E-state index is -0.568. The molecule has 0 bridgehead atoms. The van der Waals surface area contributed by atoms with E-state index in [-0.39, 0.29) is 23.2 Å². The lowest BCUT2D eigenvalue weighted by atomic mass is 10.0. The summed E-state index contributed by atoms with van der Waals surface area (Å²) >= 11 is 0. The van der Waals surface area contributed by atoms with Crippen molar-refractivity contribution in [2.24, 2.45) is 11.7 Å². The van der Waals surface area contributed by atoms with Crippen LogP contribution < -0.4 is 11.1 Å². The van der Waals surface area contributed by atoms with Crippen LogP contribution in [0.25, 0.3) is 0 Å². The van der Waals surface area contributed by atoms with Gasteiger partial charge in [0.15, 0.2) is 0 Å². The van der Waals surface area contributed by atoms with Crippen LogP contribution in [0.5, 0.6) is 0 Å². The minimum absolute atomic E-state index is 0.0570. The van der Waals surface area contributed by atoms with Crippen molar-refractivity contribution in [3.05, 3.63) is 39.9 Å². The van der Waals surface area contributed by atoms with Gasteiger partial charge in [0.25, 0.3) is 11.6 Å². The standard InChI is InChI=1S/C12H17N3O3/c1-8(2)10(7-13)14-12(16)9-5-3-4-6-11(9)15(17)18/h3-6,8,10H,7,13H2,1-2H3,(H,14,16). The molecule has 0 heterocycles. The second-order valence-electron chi connectivity index (χ2n) is 4.33. The molecular formula is C12H17N3O3. The molecule has 1 amide bonds.